The molecule has 4 N–H and O–H groups in total. The fourth-order valence-corrected chi connectivity index (χ4v) is 1.81. The summed E-state index contributed by atoms with van der Waals surface area (Å²) >= 11 is 0. The summed E-state index contributed by atoms with van der Waals surface area (Å²) in [4.78, 5) is 22.9. The molecule has 1 amide bonds. The number of nitrogen functional groups attached to an aromatic ring is 1. The molecule has 0 aliphatic heterocycles. The van der Waals surface area contributed by atoms with Gasteiger partial charge < -0.3 is 16.2 Å². The molecule has 20 heavy (non-hydrogen) atoms. The molecule has 0 atom stereocenters. The fraction of sp³-hybridized carbons (Fsp3) is 0.154. The van der Waals surface area contributed by atoms with E-state index in [1.54, 1.807) is 18.2 Å². The maximum atomic E-state index is 11.5. The summed E-state index contributed by atoms with van der Waals surface area (Å²) in [6.07, 6.45) is 1.44. The van der Waals surface area contributed by atoms with Gasteiger partial charge in [0.2, 0.25) is 0 Å². The van der Waals surface area contributed by atoms with E-state index in [0.717, 1.165) is 5.56 Å². The number of aromatic nitrogens is 2. The Morgan fingerprint density at radius 3 is 2.65 bits per heavy atom. The number of methoxy groups -OCH3 is 1. The van der Waals surface area contributed by atoms with Crippen molar-refractivity contribution in [3.05, 3.63) is 41.2 Å². The van der Waals surface area contributed by atoms with E-state index in [2.05, 4.69) is 9.84 Å². The number of aryl methyl sites for hydroxylation is 1. The third kappa shape index (κ3) is 2.33. The predicted molar refractivity (Wildman–Crippen MR) is 72.6 cm³/mol. The zero-order valence-corrected chi connectivity index (χ0v) is 11.1. The first kappa shape index (κ1) is 13.6. The Kier molecular flexibility index (Phi) is 3.43. The first-order valence-corrected chi connectivity index (χ1v) is 5.78. The lowest BCUT2D eigenvalue weighted by atomic mass is 10.1. The third-order valence-electron chi connectivity index (χ3n) is 2.79. The first-order valence-electron chi connectivity index (χ1n) is 5.78. The third-order valence-corrected chi connectivity index (χ3v) is 2.79. The Balaban J connectivity index is 2.60. The molecule has 2 rings (SSSR count). The van der Waals surface area contributed by atoms with Gasteiger partial charge in [0.1, 0.15) is 0 Å². The molecule has 0 saturated carbocycles. The Hall–Kier alpha value is -2.83. The SMILES string of the molecule is COC(=O)c1nn(-c2cc(C)ccc2C(N)=O)cc1N. The minimum atomic E-state index is -0.644. The monoisotopic (exact) mass is 274 g/mol. The molecule has 2 aromatic rings. The maximum absolute atomic E-state index is 11.5. The summed E-state index contributed by atoms with van der Waals surface area (Å²) < 4.78 is 5.92. The lowest BCUT2D eigenvalue weighted by Crippen LogP contribution is -2.15. The van der Waals surface area contributed by atoms with Gasteiger partial charge in [-0.2, -0.15) is 5.10 Å². The second-order valence-electron chi connectivity index (χ2n) is 4.25. The zero-order valence-electron chi connectivity index (χ0n) is 11.1. The van der Waals surface area contributed by atoms with Crippen LogP contribution in [0, 0.1) is 6.92 Å². The van der Waals surface area contributed by atoms with Crippen molar-refractivity contribution in [2.45, 2.75) is 6.92 Å². The van der Waals surface area contributed by atoms with E-state index < -0.39 is 11.9 Å². The van der Waals surface area contributed by atoms with Crippen LogP contribution >= 0.6 is 0 Å². The molecule has 0 saturated heterocycles. The predicted octanol–water partition coefficient (Wildman–Crippen LogP) is 0.648. The van der Waals surface area contributed by atoms with Crippen molar-refractivity contribution in [1.29, 1.82) is 0 Å². The van der Waals surface area contributed by atoms with Crippen LogP contribution in [0.1, 0.15) is 26.4 Å². The second-order valence-corrected chi connectivity index (χ2v) is 4.25. The summed E-state index contributed by atoms with van der Waals surface area (Å²) in [5.41, 5.74) is 12.9. The van der Waals surface area contributed by atoms with Crippen molar-refractivity contribution in [1.82, 2.24) is 9.78 Å². The molecule has 0 spiro atoms. The van der Waals surface area contributed by atoms with E-state index >= 15 is 0 Å². The average molecular weight is 274 g/mol. The number of nitrogens with two attached hydrogens (primary N) is 2. The minimum absolute atomic E-state index is 0.00979. The Labute approximate surface area is 115 Å². The van der Waals surface area contributed by atoms with Crippen LogP contribution in [-0.4, -0.2) is 28.8 Å². The van der Waals surface area contributed by atoms with Gasteiger partial charge in [-0.05, 0) is 24.6 Å². The summed E-state index contributed by atoms with van der Waals surface area (Å²) in [6.45, 7) is 1.86. The number of carbonyl (C=O) groups excluding carboxylic acids is 2. The summed E-state index contributed by atoms with van der Waals surface area (Å²) in [6, 6.07) is 5.09. The van der Waals surface area contributed by atoms with E-state index in [1.807, 2.05) is 6.92 Å². The van der Waals surface area contributed by atoms with Gasteiger partial charge in [0, 0.05) is 0 Å². The highest BCUT2D eigenvalue weighted by Gasteiger charge is 2.18. The van der Waals surface area contributed by atoms with Crippen molar-refractivity contribution in [3.63, 3.8) is 0 Å². The number of anilines is 1. The largest absolute Gasteiger partial charge is 0.464 e. The molecule has 104 valence electrons. The highest BCUT2D eigenvalue weighted by atomic mass is 16.5. The molecule has 0 aliphatic rings. The number of hydrogen-bond donors (Lipinski definition) is 2. The quantitative estimate of drug-likeness (QED) is 0.798. The van der Waals surface area contributed by atoms with Crippen LogP contribution in [-0.2, 0) is 4.74 Å². The lowest BCUT2D eigenvalue weighted by Gasteiger charge is -2.07. The lowest BCUT2D eigenvalue weighted by molar-refractivity contribution is 0.0594. The molecule has 1 aromatic heterocycles. The molecule has 0 radical (unpaired) electrons. The maximum Gasteiger partial charge on any atom is 0.360 e. The van der Waals surface area contributed by atoms with Crippen LogP contribution in [0.2, 0.25) is 0 Å². The summed E-state index contributed by atoms with van der Waals surface area (Å²) in [7, 11) is 1.24. The van der Waals surface area contributed by atoms with E-state index in [1.165, 1.54) is 18.0 Å². The van der Waals surface area contributed by atoms with Crippen molar-refractivity contribution in [3.8, 4) is 5.69 Å². The van der Waals surface area contributed by atoms with E-state index in [-0.39, 0.29) is 16.9 Å². The second kappa shape index (κ2) is 5.04. The Morgan fingerprint density at radius 1 is 1.35 bits per heavy atom. The normalized spacial score (nSPS) is 10.3. The number of carbonyl (C=O) groups is 2. The molecule has 1 aromatic carbocycles. The van der Waals surface area contributed by atoms with Crippen LogP contribution < -0.4 is 11.5 Å². The number of hydrogen-bond acceptors (Lipinski definition) is 5. The van der Waals surface area contributed by atoms with Gasteiger partial charge >= 0.3 is 5.97 Å². The van der Waals surface area contributed by atoms with Gasteiger partial charge in [-0.1, -0.05) is 6.07 Å². The molecule has 0 fully saturated rings. The fourth-order valence-electron chi connectivity index (χ4n) is 1.81. The van der Waals surface area contributed by atoms with Gasteiger partial charge in [-0.15, -0.1) is 0 Å². The van der Waals surface area contributed by atoms with Crippen LogP contribution in [0.15, 0.2) is 24.4 Å². The molecule has 1 heterocycles. The van der Waals surface area contributed by atoms with Crippen LogP contribution in [0.3, 0.4) is 0 Å². The number of benzene rings is 1. The van der Waals surface area contributed by atoms with Crippen LogP contribution in [0.25, 0.3) is 5.69 Å². The number of ether oxygens (including phenoxy) is 1. The number of primary amides is 1. The van der Waals surface area contributed by atoms with Gasteiger partial charge in [0.25, 0.3) is 5.91 Å². The van der Waals surface area contributed by atoms with Gasteiger partial charge in [-0.25, -0.2) is 9.48 Å². The van der Waals surface area contributed by atoms with E-state index in [9.17, 15) is 9.59 Å². The molecule has 0 aliphatic carbocycles. The van der Waals surface area contributed by atoms with E-state index in [0.29, 0.717) is 5.69 Å². The Bertz CT molecular complexity index is 691. The topological polar surface area (TPSA) is 113 Å². The zero-order chi connectivity index (χ0) is 14.9. The molecular weight excluding hydrogens is 260 g/mol. The number of nitrogens with zero attached hydrogens (tertiary/aromatic N) is 2. The molecule has 0 unspecified atom stereocenters. The van der Waals surface area contributed by atoms with Crippen LogP contribution in [0.5, 0.6) is 0 Å². The first-order chi connectivity index (χ1) is 9.43. The summed E-state index contributed by atoms with van der Waals surface area (Å²) in [5.74, 6) is -1.23. The van der Waals surface area contributed by atoms with Crippen molar-refractivity contribution in [2.24, 2.45) is 5.73 Å². The van der Waals surface area contributed by atoms with Crippen molar-refractivity contribution in [2.75, 3.05) is 12.8 Å². The number of rotatable bonds is 3. The smallest absolute Gasteiger partial charge is 0.360 e. The molecule has 7 nitrogen and oxygen atoms in total. The van der Waals surface area contributed by atoms with Gasteiger partial charge in [0.05, 0.1) is 30.2 Å². The van der Waals surface area contributed by atoms with E-state index in [4.69, 9.17) is 11.5 Å². The number of esters is 1. The van der Waals surface area contributed by atoms with Gasteiger partial charge in [-0.3, -0.25) is 4.79 Å². The highest BCUT2D eigenvalue weighted by molar-refractivity contribution is 5.97. The molecule has 0 bridgehead atoms. The summed E-state index contributed by atoms with van der Waals surface area (Å²) in [5, 5.41) is 4.04. The minimum Gasteiger partial charge on any atom is -0.464 e. The molecule has 7 heteroatoms. The highest BCUT2D eigenvalue weighted by Crippen LogP contribution is 2.19. The van der Waals surface area contributed by atoms with Crippen molar-refractivity contribution < 1.29 is 14.3 Å². The standard InChI is InChI=1S/C13H14N4O3/c1-7-3-4-8(12(15)18)10(5-7)17-6-9(14)11(16-17)13(19)20-2/h3-6H,14H2,1-2H3,(H2,15,18). The number of amides is 1. The molecular formula is C13H14N4O3. The van der Waals surface area contributed by atoms with Gasteiger partial charge in [0.15, 0.2) is 5.69 Å². The van der Waals surface area contributed by atoms with Crippen LogP contribution in [0.4, 0.5) is 5.69 Å². The Morgan fingerprint density at radius 2 is 2.05 bits per heavy atom. The van der Waals surface area contributed by atoms with Crippen molar-refractivity contribution >= 4 is 17.6 Å². The average Bonchev–Trinajstić information content (AvgIpc) is 2.79.